The SMILES string of the molecule is c1ccc2c(OC3CCOCC3)ccnc2c1. The Kier molecular flexibility index (Phi) is 2.92. The molecule has 1 saturated heterocycles. The summed E-state index contributed by atoms with van der Waals surface area (Å²) in [5.74, 6) is 0.933. The molecule has 0 spiro atoms. The van der Waals surface area contributed by atoms with Crippen molar-refractivity contribution >= 4 is 10.9 Å². The Hall–Kier alpha value is -1.61. The van der Waals surface area contributed by atoms with Gasteiger partial charge in [0.05, 0.1) is 18.7 Å². The summed E-state index contributed by atoms with van der Waals surface area (Å²) in [7, 11) is 0. The maximum atomic E-state index is 6.05. The summed E-state index contributed by atoms with van der Waals surface area (Å²) in [5.41, 5.74) is 0.983. The second-order valence-corrected chi connectivity index (χ2v) is 4.26. The second kappa shape index (κ2) is 4.72. The van der Waals surface area contributed by atoms with Gasteiger partial charge in [-0.15, -0.1) is 0 Å². The van der Waals surface area contributed by atoms with E-state index in [0.717, 1.165) is 42.7 Å². The van der Waals surface area contributed by atoms with Crippen molar-refractivity contribution in [2.24, 2.45) is 0 Å². The molecule has 0 atom stereocenters. The number of aromatic nitrogens is 1. The monoisotopic (exact) mass is 229 g/mol. The molecule has 1 aromatic heterocycles. The van der Waals surface area contributed by atoms with E-state index in [2.05, 4.69) is 11.1 Å². The Morgan fingerprint density at radius 3 is 2.82 bits per heavy atom. The van der Waals surface area contributed by atoms with Gasteiger partial charge in [0.1, 0.15) is 11.9 Å². The van der Waals surface area contributed by atoms with Crippen molar-refractivity contribution in [3.05, 3.63) is 36.5 Å². The molecule has 0 aliphatic carbocycles. The number of nitrogens with zero attached hydrogens (tertiary/aromatic N) is 1. The first kappa shape index (κ1) is 10.5. The summed E-state index contributed by atoms with van der Waals surface area (Å²) in [4.78, 5) is 4.33. The fourth-order valence-corrected chi connectivity index (χ4v) is 2.15. The van der Waals surface area contributed by atoms with Crippen molar-refractivity contribution in [1.29, 1.82) is 0 Å². The van der Waals surface area contributed by atoms with Crippen LogP contribution in [-0.4, -0.2) is 24.3 Å². The maximum Gasteiger partial charge on any atom is 0.130 e. The predicted molar refractivity (Wildman–Crippen MR) is 66.2 cm³/mol. The first-order chi connectivity index (χ1) is 8.43. The van der Waals surface area contributed by atoms with Gasteiger partial charge in [0, 0.05) is 24.4 Å². The fraction of sp³-hybridized carbons (Fsp3) is 0.357. The lowest BCUT2D eigenvalue weighted by molar-refractivity contribution is 0.0261. The molecule has 3 rings (SSSR count). The molecule has 0 saturated carbocycles. The number of para-hydroxylation sites is 1. The molecule has 0 N–H and O–H groups in total. The van der Waals surface area contributed by atoms with Crippen LogP contribution < -0.4 is 4.74 Å². The number of rotatable bonds is 2. The molecule has 0 amide bonds. The average molecular weight is 229 g/mol. The smallest absolute Gasteiger partial charge is 0.130 e. The van der Waals surface area contributed by atoms with Crippen LogP contribution in [-0.2, 0) is 4.74 Å². The summed E-state index contributed by atoms with van der Waals surface area (Å²) in [6.45, 7) is 1.60. The molecule has 0 radical (unpaired) electrons. The molecule has 2 heterocycles. The van der Waals surface area contributed by atoms with E-state index in [0.29, 0.717) is 0 Å². The van der Waals surface area contributed by atoms with Crippen LogP contribution in [0.4, 0.5) is 0 Å². The van der Waals surface area contributed by atoms with Gasteiger partial charge in [-0.25, -0.2) is 0 Å². The zero-order chi connectivity index (χ0) is 11.5. The Balaban J connectivity index is 1.89. The van der Waals surface area contributed by atoms with Crippen molar-refractivity contribution in [1.82, 2.24) is 4.98 Å². The summed E-state index contributed by atoms with van der Waals surface area (Å²) in [5, 5.41) is 1.08. The third-order valence-corrected chi connectivity index (χ3v) is 3.07. The molecule has 0 unspecified atom stereocenters. The lowest BCUT2D eigenvalue weighted by Crippen LogP contribution is -2.25. The number of pyridine rings is 1. The lowest BCUT2D eigenvalue weighted by atomic mass is 10.1. The molecule has 1 aliphatic rings. The minimum Gasteiger partial charge on any atom is -0.489 e. The Bertz CT molecular complexity index is 501. The minimum atomic E-state index is 0.273. The lowest BCUT2D eigenvalue weighted by Gasteiger charge is -2.23. The molecule has 0 bridgehead atoms. The molecule has 2 aromatic rings. The number of fused-ring (bicyclic) bond motifs is 1. The van der Waals surface area contributed by atoms with Crippen LogP contribution >= 0.6 is 0 Å². The Labute approximate surface area is 100 Å². The van der Waals surface area contributed by atoms with Gasteiger partial charge in [-0.05, 0) is 18.2 Å². The minimum absolute atomic E-state index is 0.273. The molecule has 3 heteroatoms. The van der Waals surface area contributed by atoms with E-state index in [4.69, 9.17) is 9.47 Å². The van der Waals surface area contributed by atoms with Crippen LogP contribution in [0.3, 0.4) is 0 Å². The van der Waals surface area contributed by atoms with Crippen LogP contribution in [0, 0.1) is 0 Å². The molecule has 17 heavy (non-hydrogen) atoms. The molecule has 1 fully saturated rings. The van der Waals surface area contributed by atoms with Gasteiger partial charge < -0.3 is 9.47 Å². The van der Waals surface area contributed by atoms with E-state index in [9.17, 15) is 0 Å². The molecular formula is C14H15NO2. The highest BCUT2D eigenvalue weighted by atomic mass is 16.5. The van der Waals surface area contributed by atoms with Crippen LogP contribution in [0.15, 0.2) is 36.5 Å². The molecule has 3 nitrogen and oxygen atoms in total. The number of benzene rings is 1. The maximum absolute atomic E-state index is 6.05. The number of ether oxygens (including phenoxy) is 2. The highest BCUT2D eigenvalue weighted by Gasteiger charge is 2.16. The fourth-order valence-electron chi connectivity index (χ4n) is 2.15. The van der Waals surface area contributed by atoms with Gasteiger partial charge in [-0.1, -0.05) is 12.1 Å². The van der Waals surface area contributed by atoms with E-state index in [-0.39, 0.29) is 6.10 Å². The Morgan fingerprint density at radius 2 is 1.94 bits per heavy atom. The van der Waals surface area contributed by atoms with Crippen molar-refractivity contribution in [2.75, 3.05) is 13.2 Å². The molecule has 1 aromatic carbocycles. The van der Waals surface area contributed by atoms with E-state index >= 15 is 0 Å². The third-order valence-electron chi connectivity index (χ3n) is 3.07. The Morgan fingerprint density at radius 1 is 1.12 bits per heavy atom. The van der Waals surface area contributed by atoms with Crippen LogP contribution in [0.5, 0.6) is 5.75 Å². The normalized spacial score (nSPS) is 17.2. The van der Waals surface area contributed by atoms with Crippen LogP contribution in [0.2, 0.25) is 0 Å². The van der Waals surface area contributed by atoms with Crippen molar-refractivity contribution in [2.45, 2.75) is 18.9 Å². The number of hydrogen-bond donors (Lipinski definition) is 0. The molecule has 88 valence electrons. The van der Waals surface area contributed by atoms with Crippen molar-refractivity contribution in [3.63, 3.8) is 0 Å². The summed E-state index contributed by atoms with van der Waals surface area (Å²) < 4.78 is 11.4. The van der Waals surface area contributed by atoms with Crippen molar-refractivity contribution < 1.29 is 9.47 Å². The first-order valence-electron chi connectivity index (χ1n) is 6.01. The quantitative estimate of drug-likeness (QED) is 0.793. The van der Waals surface area contributed by atoms with Crippen LogP contribution in [0.25, 0.3) is 10.9 Å². The average Bonchev–Trinajstić information content (AvgIpc) is 2.40. The second-order valence-electron chi connectivity index (χ2n) is 4.26. The van der Waals surface area contributed by atoms with E-state index in [1.807, 2.05) is 24.3 Å². The topological polar surface area (TPSA) is 31.4 Å². The molecule has 1 aliphatic heterocycles. The van der Waals surface area contributed by atoms with Crippen LogP contribution in [0.1, 0.15) is 12.8 Å². The van der Waals surface area contributed by atoms with E-state index in [1.54, 1.807) is 6.20 Å². The summed E-state index contributed by atoms with van der Waals surface area (Å²) in [6, 6.07) is 10.0. The van der Waals surface area contributed by atoms with E-state index in [1.165, 1.54) is 0 Å². The third kappa shape index (κ3) is 2.24. The summed E-state index contributed by atoms with van der Waals surface area (Å²) in [6.07, 6.45) is 4.01. The highest BCUT2D eigenvalue weighted by molar-refractivity contribution is 5.84. The van der Waals surface area contributed by atoms with Gasteiger partial charge in [-0.3, -0.25) is 4.98 Å². The van der Waals surface area contributed by atoms with Gasteiger partial charge in [0.2, 0.25) is 0 Å². The van der Waals surface area contributed by atoms with Gasteiger partial charge in [0.25, 0.3) is 0 Å². The molecular weight excluding hydrogens is 214 g/mol. The van der Waals surface area contributed by atoms with Gasteiger partial charge >= 0.3 is 0 Å². The largest absolute Gasteiger partial charge is 0.489 e. The summed E-state index contributed by atoms with van der Waals surface area (Å²) >= 11 is 0. The van der Waals surface area contributed by atoms with E-state index < -0.39 is 0 Å². The number of hydrogen-bond acceptors (Lipinski definition) is 3. The predicted octanol–water partition coefficient (Wildman–Crippen LogP) is 2.79. The van der Waals surface area contributed by atoms with Crippen molar-refractivity contribution in [3.8, 4) is 5.75 Å². The van der Waals surface area contributed by atoms with Gasteiger partial charge in [0.15, 0.2) is 0 Å². The zero-order valence-electron chi connectivity index (χ0n) is 9.63. The highest BCUT2D eigenvalue weighted by Crippen LogP contribution is 2.26. The zero-order valence-corrected chi connectivity index (χ0v) is 9.63. The standard InChI is InChI=1S/C14H15NO2/c1-2-4-13-12(3-1)14(5-8-15-13)17-11-6-9-16-10-7-11/h1-5,8,11H,6-7,9-10H2. The first-order valence-corrected chi connectivity index (χ1v) is 6.01. The van der Waals surface area contributed by atoms with Gasteiger partial charge in [-0.2, -0.15) is 0 Å².